The molecule has 0 bridgehead atoms. The van der Waals surface area contributed by atoms with Gasteiger partial charge in [0.2, 0.25) is 0 Å². The molecule has 1 aliphatic carbocycles. The van der Waals surface area contributed by atoms with Gasteiger partial charge < -0.3 is 4.90 Å². The quantitative estimate of drug-likeness (QED) is 0.174. The normalized spacial score (nSPS) is 13.2. The molecule has 0 N–H and O–H groups in total. The van der Waals surface area contributed by atoms with Gasteiger partial charge >= 0.3 is 0 Å². The summed E-state index contributed by atoms with van der Waals surface area (Å²) < 4.78 is 0. The van der Waals surface area contributed by atoms with E-state index in [2.05, 4.69) is 195 Å². The second-order valence-electron chi connectivity index (χ2n) is 14.1. The van der Waals surface area contributed by atoms with E-state index in [0.717, 1.165) is 5.69 Å². The van der Waals surface area contributed by atoms with Crippen LogP contribution in [0.2, 0.25) is 0 Å². The van der Waals surface area contributed by atoms with Gasteiger partial charge in [0, 0.05) is 16.5 Å². The van der Waals surface area contributed by atoms with Crippen molar-refractivity contribution in [3.63, 3.8) is 0 Å². The van der Waals surface area contributed by atoms with Gasteiger partial charge in [-0.2, -0.15) is 0 Å². The summed E-state index contributed by atoms with van der Waals surface area (Å²) >= 11 is 0. The highest BCUT2D eigenvalue weighted by Crippen LogP contribution is 2.55. The third kappa shape index (κ3) is 4.20. The van der Waals surface area contributed by atoms with Gasteiger partial charge in [0.1, 0.15) is 0 Å². The molecule has 0 saturated carbocycles. The summed E-state index contributed by atoms with van der Waals surface area (Å²) in [6.07, 6.45) is 0. The van der Waals surface area contributed by atoms with Crippen molar-refractivity contribution in [1.82, 2.24) is 0 Å². The van der Waals surface area contributed by atoms with Crippen LogP contribution in [-0.2, 0) is 5.41 Å². The minimum Gasteiger partial charge on any atom is -0.309 e. The van der Waals surface area contributed by atoms with Crippen LogP contribution in [0.15, 0.2) is 176 Å². The van der Waals surface area contributed by atoms with Gasteiger partial charge in [0.25, 0.3) is 0 Å². The van der Waals surface area contributed by atoms with E-state index in [9.17, 15) is 0 Å². The molecule has 1 heteroatoms. The third-order valence-corrected chi connectivity index (χ3v) is 11.0. The number of benzene rings is 9. The van der Waals surface area contributed by atoms with E-state index in [1.54, 1.807) is 0 Å². The molecular formula is C49H35N. The van der Waals surface area contributed by atoms with Crippen molar-refractivity contribution in [3.05, 3.63) is 187 Å². The fourth-order valence-electron chi connectivity index (χ4n) is 8.73. The zero-order valence-corrected chi connectivity index (χ0v) is 28.2. The Kier molecular flexibility index (Phi) is 6.29. The Morgan fingerprint density at radius 2 is 1.02 bits per heavy atom. The lowest BCUT2D eigenvalue weighted by Gasteiger charge is -2.33. The van der Waals surface area contributed by atoms with Crippen LogP contribution in [0.25, 0.3) is 65.3 Å². The average molecular weight is 638 g/mol. The molecule has 9 aromatic carbocycles. The molecule has 10 rings (SSSR count). The molecule has 1 aliphatic rings. The highest BCUT2D eigenvalue weighted by atomic mass is 15.1. The van der Waals surface area contributed by atoms with Crippen molar-refractivity contribution in [1.29, 1.82) is 0 Å². The SMILES string of the molecule is CC1(C)c2ccccc2-c2cccc(N(c3cccc(-c4ccccc4)c3)c3cc4ccc5ccc6ccccc6c5c4c4ccccc34)c21. The first-order valence-electron chi connectivity index (χ1n) is 17.5. The molecule has 0 amide bonds. The molecule has 0 heterocycles. The summed E-state index contributed by atoms with van der Waals surface area (Å²) in [7, 11) is 0. The van der Waals surface area contributed by atoms with Gasteiger partial charge in [0.05, 0.1) is 11.4 Å². The van der Waals surface area contributed by atoms with E-state index in [-0.39, 0.29) is 5.41 Å². The van der Waals surface area contributed by atoms with Crippen molar-refractivity contribution in [2.45, 2.75) is 19.3 Å². The van der Waals surface area contributed by atoms with Crippen LogP contribution in [0.1, 0.15) is 25.0 Å². The summed E-state index contributed by atoms with van der Waals surface area (Å²) in [5.74, 6) is 0. The van der Waals surface area contributed by atoms with E-state index in [1.807, 2.05) is 0 Å². The Labute approximate surface area is 292 Å². The van der Waals surface area contributed by atoms with Gasteiger partial charge in [-0.1, -0.05) is 166 Å². The highest BCUT2D eigenvalue weighted by molar-refractivity contribution is 6.29. The van der Waals surface area contributed by atoms with Crippen molar-refractivity contribution in [2.24, 2.45) is 0 Å². The molecule has 9 aromatic rings. The Hall–Kier alpha value is -6.18. The number of hydrogen-bond donors (Lipinski definition) is 0. The first kappa shape index (κ1) is 28.8. The largest absolute Gasteiger partial charge is 0.309 e. The Morgan fingerprint density at radius 3 is 1.88 bits per heavy atom. The molecule has 0 atom stereocenters. The first-order valence-corrected chi connectivity index (χ1v) is 17.5. The molecule has 0 saturated heterocycles. The lowest BCUT2D eigenvalue weighted by Crippen LogP contribution is -2.20. The van der Waals surface area contributed by atoms with Crippen molar-refractivity contribution in [3.8, 4) is 22.3 Å². The number of anilines is 3. The predicted octanol–water partition coefficient (Wildman–Crippen LogP) is 13.7. The number of hydrogen-bond acceptors (Lipinski definition) is 1. The lowest BCUT2D eigenvalue weighted by atomic mass is 9.81. The lowest BCUT2D eigenvalue weighted by molar-refractivity contribution is 0.661. The maximum atomic E-state index is 2.54. The molecule has 0 aliphatic heterocycles. The minimum atomic E-state index is -0.181. The maximum Gasteiger partial charge on any atom is 0.0546 e. The zero-order valence-electron chi connectivity index (χ0n) is 28.2. The van der Waals surface area contributed by atoms with Gasteiger partial charge in [-0.05, 0) is 95.3 Å². The van der Waals surface area contributed by atoms with Crippen LogP contribution in [-0.4, -0.2) is 0 Å². The molecule has 0 fully saturated rings. The van der Waals surface area contributed by atoms with E-state index in [0.29, 0.717) is 0 Å². The van der Waals surface area contributed by atoms with Crippen molar-refractivity contribution >= 4 is 60.2 Å². The summed E-state index contributed by atoms with van der Waals surface area (Å²) in [6, 6.07) is 65.0. The molecule has 0 radical (unpaired) electrons. The minimum absolute atomic E-state index is 0.181. The summed E-state index contributed by atoms with van der Waals surface area (Å²) in [6.45, 7) is 4.77. The van der Waals surface area contributed by atoms with Crippen LogP contribution in [0.4, 0.5) is 17.1 Å². The van der Waals surface area contributed by atoms with Crippen molar-refractivity contribution in [2.75, 3.05) is 4.90 Å². The van der Waals surface area contributed by atoms with Crippen LogP contribution in [0, 0.1) is 0 Å². The summed E-state index contributed by atoms with van der Waals surface area (Å²) in [5, 5.41) is 10.2. The fourth-order valence-corrected chi connectivity index (χ4v) is 8.73. The van der Waals surface area contributed by atoms with E-state index >= 15 is 0 Å². The monoisotopic (exact) mass is 637 g/mol. The van der Waals surface area contributed by atoms with Gasteiger partial charge in [-0.3, -0.25) is 0 Å². The molecule has 0 unspecified atom stereocenters. The smallest absolute Gasteiger partial charge is 0.0546 e. The topological polar surface area (TPSA) is 3.24 Å². The first-order chi connectivity index (χ1) is 24.6. The third-order valence-electron chi connectivity index (χ3n) is 11.0. The van der Waals surface area contributed by atoms with Gasteiger partial charge in [0.15, 0.2) is 0 Å². The van der Waals surface area contributed by atoms with Gasteiger partial charge in [-0.15, -0.1) is 0 Å². The van der Waals surface area contributed by atoms with E-state index in [4.69, 9.17) is 0 Å². The molecule has 50 heavy (non-hydrogen) atoms. The highest BCUT2D eigenvalue weighted by Gasteiger charge is 2.39. The molecule has 1 nitrogen and oxygen atoms in total. The van der Waals surface area contributed by atoms with E-state index in [1.165, 1.54) is 87.8 Å². The predicted molar refractivity (Wildman–Crippen MR) is 214 cm³/mol. The number of rotatable bonds is 4. The molecule has 0 aromatic heterocycles. The zero-order chi connectivity index (χ0) is 33.4. The number of fused-ring (bicyclic) bond motifs is 10. The Balaban J connectivity index is 1.32. The Morgan fingerprint density at radius 1 is 0.400 bits per heavy atom. The molecular weight excluding hydrogens is 603 g/mol. The molecule has 236 valence electrons. The second-order valence-corrected chi connectivity index (χ2v) is 14.1. The number of nitrogens with zero attached hydrogens (tertiary/aromatic N) is 1. The van der Waals surface area contributed by atoms with Crippen LogP contribution < -0.4 is 4.90 Å². The van der Waals surface area contributed by atoms with E-state index < -0.39 is 0 Å². The van der Waals surface area contributed by atoms with Crippen LogP contribution in [0.3, 0.4) is 0 Å². The molecule has 0 spiro atoms. The standard InChI is InChI=1S/C49H35N/c1-49(2)43-24-11-10-20-39(43)42-23-13-25-44(48(42)49)50(37-18-12-17-35(30-37)32-14-4-3-5-15-32)45-31-36-29-28-34-27-26-33-16-6-7-19-38(33)46(34)47(36)41-22-9-8-21-40(41)45/h3-31H,1-2H3. The van der Waals surface area contributed by atoms with Crippen LogP contribution >= 0.6 is 0 Å². The second kappa shape index (κ2) is 10.9. The van der Waals surface area contributed by atoms with Gasteiger partial charge in [-0.25, -0.2) is 0 Å². The Bertz CT molecular complexity index is 2790. The summed E-state index contributed by atoms with van der Waals surface area (Å²) in [5.41, 5.74) is 11.1. The summed E-state index contributed by atoms with van der Waals surface area (Å²) in [4.78, 5) is 2.54. The van der Waals surface area contributed by atoms with Crippen LogP contribution in [0.5, 0.6) is 0 Å². The van der Waals surface area contributed by atoms with Crippen molar-refractivity contribution < 1.29 is 0 Å². The maximum absolute atomic E-state index is 2.54. The fraction of sp³-hybridized carbons (Fsp3) is 0.0612. The average Bonchev–Trinajstić information content (AvgIpc) is 3.41.